The fourth-order valence-electron chi connectivity index (χ4n) is 16.0. The number of hydrogen-bond donors (Lipinski definition) is 6. The van der Waals surface area contributed by atoms with Crippen LogP contribution in [-0.2, 0) is 52.3 Å². The minimum Gasteiger partial charge on any atom is -1.00 e. The number of amides is 2. The number of methoxy groups -OCH3 is 1. The third-order valence-electron chi connectivity index (χ3n) is 18.9. The first-order valence-corrected chi connectivity index (χ1v) is 37.0. The number of aryl methyl sites for hydroxylation is 1. The normalized spacial score (nSPS) is 26.8. The fourth-order valence-corrected chi connectivity index (χ4v) is 16.0. The van der Waals surface area contributed by atoms with Crippen molar-refractivity contribution in [2.24, 2.45) is 51.8 Å². The van der Waals surface area contributed by atoms with Crippen molar-refractivity contribution in [3.63, 3.8) is 0 Å². The number of ether oxygens (including phenoxy) is 1. The molecule has 29 heteroatoms. The molecule has 9 aliphatic carbocycles. The molecule has 13 rings (SSSR count). The van der Waals surface area contributed by atoms with Crippen LogP contribution in [0.25, 0.3) is 16.0 Å². The SMILES string of the molecule is C1CCCCn2c(nnc2C23CC4CC(CC(C4)C2)C3)CCC1.CO.COC1=NCCCCCCCC1.C[O+](C)C.ClCCl.FB(F)F.NNC(=O)C12CC3CC(CC(C3)C1)C2.O=C1CCCCCCCCC1.O=C1CCCCCCCCN1.O=S(=O)(O)O.[F-].[N-]=[N+]=[N-].[Na+]. The van der Waals surface area contributed by atoms with Crippen LogP contribution < -0.4 is 50.8 Å². The van der Waals surface area contributed by atoms with Gasteiger partial charge in [0.2, 0.25) is 11.8 Å². The maximum Gasteiger partial charge on any atom is 1.00 e. The van der Waals surface area contributed by atoms with Gasteiger partial charge in [0.25, 0.3) is 0 Å². The van der Waals surface area contributed by atoms with Gasteiger partial charge in [0, 0.05) is 64.3 Å². The van der Waals surface area contributed by atoms with Gasteiger partial charge in [-0.15, -0.1) is 33.4 Å². The molecule has 12 aliphatic rings. The molecule has 8 bridgehead atoms. The molecule has 1 aromatic rings. The Labute approximate surface area is 594 Å². The van der Waals surface area contributed by atoms with Gasteiger partial charge in [0.1, 0.15) is 38.8 Å². The van der Waals surface area contributed by atoms with Crippen molar-refractivity contribution in [3.8, 4) is 0 Å². The van der Waals surface area contributed by atoms with Crippen molar-refractivity contribution in [1.82, 2.24) is 25.5 Å². The van der Waals surface area contributed by atoms with Crippen molar-refractivity contribution in [2.45, 2.75) is 282 Å². The Balaban J connectivity index is 0. The Bertz CT molecular complexity index is 2160. The van der Waals surface area contributed by atoms with Gasteiger partial charge in [-0.05, 0) is 164 Å². The predicted octanol–water partition coefficient (Wildman–Crippen LogP) is 10.1. The van der Waals surface area contributed by atoms with E-state index in [1.807, 2.05) is 21.3 Å². The van der Waals surface area contributed by atoms with Gasteiger partial charge in [-0.3, -0.25) is 51.8 Å². The van der Waals surface area contributed by atoms with E-state index in [1.54, 1.807) is 7.11 Å². The summed E-state index contributed by atoms with van der Waals surface area (Å²) in [6.45, 7) is 3.03. The number of aliphatic imine (C=N–C) groups is 1. The smallest absolute Gasteiger partial charge is 1.00 e. The molecule has 0 aromatic carbocycles. The van der Waals surface area contributed by atoms with Gasteiger partial charge in [0.05, 0.1) is 17.9 Å². The van der Waals surface area contributed by atoms with E-state index in [1.165, 1.54) is 216 Å². The molecular formula is C65H120BCl2F4N10NaO10S. The van der Waals surface area contributed by atoms with Gasteiger partial charge >= 0.3 is 47.5 Å². The molecule has 20 nitrogen and oxygen atoms in total. The first-order chi connectivity index (χ1) is 44.1. The van der Waals surface area contributed by atoms with Gasteiger partial charge in [-0.25, -0.2) is 5.84 Å². The number of fused-ring (bicyclic) bond motifs is 1. The molecule has 0 spiro atoms. The van der Waals surface area contributed by atoms with E-state index in [-0.39, 0.29) is 56.8 Å². The number of halogens is 6. The molecule has 4 heterocycles. The van der Waals surface area contributed by atoms with Crippen LogP contribution in [0.1, 0.15) is 275 Å². The zero-order valence-corrected chi connectivity index (χ0v) is 62.5. The van der Waals surface area contributed by atoms with E-state index in [2.05, 4.69) is 24.7 Å². The van der Waals surface area contributed by atoms with Gasteiger partial charge in [-0.2, -0.15) is 8.42 Å². The second kappa shape index (κ2) is 56.4. The Hall–Kier alpha value is -2.36. The van der Waals surface area contributed by atoms with E-state index < -0.39 is 17.9 Å². The van der Waals surface area contributed by atoms with E-state index >= 15 is 0 Å². The summed E-state index contributed by atoms with van der Waals surface area (Å²) in [5.41, 5.74) is 16.2. The number of aliphatic hydroxyl groups excluding tert-OH is 1. The summed E-state index contributed by atoms with van der Waals surface area (Å²) in [4.78, 5) is 39.8. The van der Waals surface area contributed by atoms with E-state index in [9.17, 15) is 27.3 Å². The van der Waals surface area contributed by atoms with Crippen molar-refractivity contribution in [2.75, 3.05) is 54.0 Å². The van der Waals surface area contributed by atoms with Gasteiger partial charge in [-0.1, -0.05) is 109 Å². The van der Waals surface area contributed by atoms with Gasteiger partial charge in [0.15, 0.2) is 5.90 Å². The van der Waals surface area contributed by atoms with Crippen LogP contribution in [0.4, 0.5) is 12.9 Å². The van der Waals surface area contributed by atoms with Crippen LogP contribution >= 0.6 is 23.2 Å². The summed E-state index contributed by atoms with van der Waals surface area (Å²) < 4.78 is 70.9. The van der Waals surface area contributed by atoms with E-state index in [4.69, 9.17) is 77.7 Å². The Kier molecular flexibility index (Phi) is 56.2. The molecule has 542 valence electrons. The third kappa shape index (κ3) is 43.2. The molecule has 9 saturated carbocycles. The first-order valence-electron chi connectivity index (χ1n) is 34.5. The zero-order chi connectivity index (χ0) is 68.6. The average Bonchev–Trinajstić information content (AvgIpc) is 1.20. The standard InChI is InChI=1S/C20H31N3.C11H18N2O.C10H19NO.C10H18O.C9H17NO.C3H9O.CH2Cl2.CH4O.BF3.FH.N3.Na.H2O4S/c1-2-4-6-8-23-18(7-5-3-1)21-22-19(23)20-12-15-9-16(13-20)11-17(10-15)14-20;12-13-10(14)11-4-7-1-8(5-11)3-9(2-7)6-11;1-12-10-8-6-4-2-3-5-7-9-11-10;11-10-8-6-4-2-1-3-5-7-9-10;11-9-7-5-3-1-2-4-6-8-10-9;1-4(2)3;2-1-3;1-2;2-1(3)4;;1-3-2;;1-5(2,3)4/h15-17H,1-14H2;7-9H,1-6,12H2,(H,13,14);2-9H2,1H3;1-9H2;1-8H2,(H,10,11);1-3H3;1H2;2H,1H3;;1H;;;(H2,1,2,3,4)/q;;;;;+1;;;;;-1;+1;/p-1. The summed E-state index contributed by atoms with van der Waals surface area (Å²) in [6, 6.07) is 0. The second-order valence-corrected chi connectivity index (χ2v) is 28.7. The van der Waals surface area contributed by atoms with E-state index in [0.29, 0.717) is 11.2 Å². The number of nitrogens with one attached hydrogen (secondary N) is 2. The fraction of sp³-hybridized carbons (Fsp3) is 0.908. The van der Waals surface area contributed by atoms with Crippen LogP contribution in [0, 0.1) is 40.9 Å². The van der Waals surface area contributed by atoms with Crippen LogP contribution in [-0.4, -0.2) is 122 Å². The largest absolute Gasteiger partial charge is 1.00 e. The first kappa shape index (κ1) is 93.7. The summed E-state index contributed by atoms with van der Waals surface area (Å²) in [6.07, 6.45) is 53.2. The third-order valence-corrected chi connectivity index (χ3v) is 18.9. The molecular weight excluding hydrogens is 1290 g/mol. The predicted molar refractivity (Wildman–Crippen MR) is 365 cm³/mol. The van der Waals surface area contributed by atoms with Crippen molar-refractivity contribution < 1.29 is 93.3 Å². The minimum atomic E-state index is -4.67. The second-order valence-electron chi connectivity index (χ2n) is 27.0. The zero-order valence-electron chi connectivity index (χ0n) is 58.2. The summed E-state index contributed by atoms with van der Waals surface area (Å²) in [7, 11) is 0.143. The molecule has 2 amide bonds. The summed E-state index contributed by atoms with van der Waals surface area (Å²) in [5.74, 6) is 15.2. The number of nitrogens with two attached hydrogens (primary N) is 1. The number of carbonyl (C=O) groups is 3. The number of rotatable bonds is 2. The number of Topliss-reactive ketones (excluding diaryl/α,β-unsaturated/α-hetero) is 1. The number of carbonyl (C=O) groups excluding carboxylic acids is 3. The molecule has 10 fully saturated rings. The number of aromatic nitrogens is 3. The Morgan fingerprint density at radius 1 is 0.660 bits per heavy atom. The molecule has 0 unspecified atom stereocenters. The molecule has 1 saturated heterocycles. The van der Waals surface area contributed by atoms with Gasteiger partial charge < -0.3 is 39.9 Å². The quantitative estimate of drug-likeness (QED) is 0.0138. The van der Waals surface area contributed by atoms with Crippen LogP contribution in [0.5, 0.6) is 0 Å². The molecule has 7 N–H and O–H groups in total. The van der Waals surface area contributed by atoms with Crippen LogP contribution in [0.15, 0.2) is 4.99 Å². The number of alkyl halides is 2. The van der Waals surface area contributed by atoms with Crippen molar-refractivity contribution in [1.29, 1.82) is 0 Å². The molecule has 1 aromatic heterocycles. The average molecular weight is 1410 g/mol. The topological polar surface area (TPSA) is 310 Å². The minimum absolute atomic E-state index is 0. The molecule has 94 heavy (non-hydrogen) atoms. The maximum absolute atomic E-state index is 11.8. The number of hydrogen-bond acceptors (Lipinski definition) is 11. The van der Waals surface area contributed by atoms with Crippen LogP contribution in [0.3, 0.4) is 0 Å². The van der Waals surface area contributed by atoms with Crippen molar-refractivity contribution in [3.05, 3.63) is 27.6 Å². The molecule has 0 radical (unpaired) electrons. The van der Waals surface area contributed by atoms with Crippen molar-refractivity contribution >= 4 is 64.6 Å². The summed E-state index contributed by atoms with van der Waals surface area (Å²) in [5, 5.41) is 19.7. The Morgan fingerprint density at radius 2 is 0.989 bits per heavy atom. The number of ketones is 1. The number of aliphatic hydroxyl groups is 1. The monoisotopic (exact) mass is 1410 g/mol. The maximum atomic E-state index is 11.8. The molecule has 0 atom stereocenters. The Morgan fingerprint density at radius 3 is 1.38 bits per heavy atom. The number of nitrogens with zero attached hydrogens (tertiary/aromatic N) is 7. The van der Waals surface area contributed by atoms with Crippen LogP contribution in [0.2, 0.25) is 0 Å². The summed E-state index contributed by atoms with van der Waals surface area (Å²) >= 11 is 9.53. The number of hydrazine groups is 1. The van der Waals surface area contributed by atoms with E-state index in [0.717, 1.165) is 139 Å². The molecule has 3 aliphatic heterocycles.